The Bertz CT molecular complexity index is 1240. The number of aromatic nitrogens is 3. The zero-order valence-electron chi connectivity index (χ0n) is 19.0. The SMILES string of the molecule is CC(C)OC(O)N1CCC(Cc2ccnc3c(-c4ccc(S(C)(=O)=O)cc4F)cnn23)CC1. The normalized spacial score (nSPS) is 17.2. The van der Waals surface area contributed by atoms with Crippen LogP contribution in [0.3, 0.4) is 0 Å². The highest BCUT2D eigenvalue weighted by atomic mass is 32.2. The average molecular weight is 477 g/mol. The monoisotopic (exact) mass is 476 g/mol. The van der Waals surface area contributed by atoms with E-state index in [1.54, 1.807) is 16.9 Å². The van der Waals surface area contributed by atoms with Crippen LogP contribution >= 0.6 is 0 Å². The number of sulfone groups is 1. The molecule has 3 heterocycles. The molecular formula is C23H29FN4O4S. The minimum absolute atomic E-state index is 0.0377. The largest absolute Gasteiger partial charge is 0.356 e. The molecule has 8 nitrogen and oxygen atoms in total. The van der Waals surface area contributed by atoms with E-state index in [0.29, 0.717) is 17.1 Å². The van der Waals surface area contributed by atoms with Gasteiger partial charge in [0.1, 0.15) is 5.82 Å². The fraction of sp³-hybridized carbons (Fsp3) is 0.478. The first-order chi connectivity index (χ1) is 15.6. The lowest BCUT2D eigenvalue weighted by Crippen LogP contribution is -2.44. The molecule has 0 spiro atoms. The average Bonchev–Trinajstić information content (AvgIpc) is 3.18. The number of hydrogen-bond donors (Lipinski definition) is 1. The molecule has 10 heteroatoms. The molecule has 0 bridgehead atoms. The molecule has 1 aromatic carbocycles. The maximum absolute atomic E-state index is 14.8. The Morgan fingerprint density at radius 3 is 2.58 bits per heavy atom. The Balaban J connectivity index is 1.52. The lowest BCUT2D eigenvalue weighted by molar-refractivity contribution is -0.216. The molecule has 1 aliphatic rings. The van der Waals surface area contributed by atoms with Crippen LogP contribution in [-0.2, 0) is 21.0 Å². The molecule has 2 aromatic heterocycles. The van der Waals surface area contributed by atoms with Gasteiger partial charge in [0, 0.05) is 42.4 Å². The summed E-state index contributed by atoms with van der Waals surface area (Å²) in [4.78, 5) is 6.28. The number of benzene rings is 1. The minimum atomic E-state index is -3.50. The number of halogens is 1. The van der Waals surface area contributed by atoms with E-state index < -0.39 is 22.1 Å². The summed E-state index contributed by atoms with van der Waals surface area (Å²) in [5.41, 5.74) is 2.27. The molecule has 1 fully saturated rings. The Morgan fingerprint density at radius 2 is 1.94 bits per heavy atom. The van der Waals surface area contributed by atoms with E-state index in [-0.39, 0.29) is 16.6 Å². The summed E-state index contributed by atoms with van der Waals surface area (Å²) in [7, 11) is -3.50. The summed E-state index contributed by atoms with van der Waals surface area (Å²) >= 11 is 0. The number of aliphatic hydroxyl groups is 1. The van der Waals surface area contributed by atoms with Crippen molar-refractivity contribution in [2.75, 3.05) is 19.3 Å². The summed E-state index contributed by atoms with van der Waals surface area (Å²) < 4.78 is 45.4. The van der Waals surface area contributed by atoms with Crippen molar-refractivity contribution in [3.63, 3.8) is 0 Å². The minimum Gasteiger partial charge on any atom is -0.356 e. The molecule has 3 aromatic rings. The molecule has 33 heavy (non-hydrogen) atoms. The van der Waals surface area contributed by atoms with Crippen molar-refractivity contribution in [3.8, 4) is 11.1 Å². The van der Waals surface area contributed by atoms with Crippen molar-refractivity contribution >= 4 is 15.5 Å². The lowest BCUT2D eigenvalue weighted by Gasteiger charge is -2.35. The van der Waals surface area contributed by atoms with Crippen LogP contribution in [0.25, 0.3) is 16.8 Å². The third-order valence-electron chi connectivity index (χ3n) is 5.99. The number of hydrogen-bond acceptors (Lipinski definition) is 7. The first-order valence-corrected chi connectivity index (χ1v) is 12.9. The van der Waals surface area contributed by atoms with E-state index >= 15 is 0 Å². The zero-order valence-corrected chi connectivity index (χ0v) is 19.8. The summed E-state index contributed by atoms with van der Waals surface area (Å²) in [5.74, 6) is -0.217. The van der Waals surface area contributed by atoms with Gasteiger partial charge in [-0.15, -0.1) is 0 Å². The maximum Gasteiger partial charge on any atom is 0.216 e. The van der Waals surface area contributed by atoms with Crippen LogP contribution in [0.4, 0.5) is 4.39 Å². The molecule has 1 saturated heterocycles. The zero-order chi connectivity index (χ0) is 23.8. The second-order valence-corrected chi connectivity index (χ2v) is 10.9. The molecular weight excluding hydrogens is 447 g/mol. The summed E-state index contributed by atoms with van der Waals surface area (Å²) in [5, 5.41) is 14.6. The number of nitrogens with zero attached hydrogens (tertiary/aromatic N) is 4. The Kier molecular flexibility index (Phi) is 6.81. The maximum atomic E-state index is 14.8. The Labute approximate surface area is 192 Å². The number of aliphatic hydroxyl groups excluding tert-OH is 1. The molecule has 1 N–H and O–H groups in total. The predicted molar refractivity (Wildman–Crippen MR) is 122 cm³/mol. The molecule has 178 valence electrons. The fourth-order valence-electron chi connectivity index (χ4n) is 4.23. The number of rotatable bonds is 7. The van der Waals surface area contributed by atoms with Gasteiger partial charge < -0.3 is 9.84 Å². The van der Waals surface area contributed by atoms with Gasteiger partial charge in [0.25, 0.3) is 0 Å². The number of likely N-dealkylation sites (tertiary alicyclic amines) is 1. The Hall–Kier alpha value is -2.40. The molecule has 1 unspecified atom stereocenters. The highest BCUT2D eigenvalue weighted by Gasteiger charge is 2.26. The van der Waals surface area contributed by atoms with Gasteiger partial charge in [0.05, 0.1) is 17.2 Å². The van der Waals surface area contributed by atoms with E-state index in [4.69, 9.17) is 4.74 Å². The molecule has 0 radical (unpaired) electrons. The van der Waals surface area contributed by atoms with Crippen LogP contribution in [0.1, 0.15) is 32.4 Å². The van der Waals surface area contributed by atoms with Crippen molar-refractivity contribution in [2.45, 2.75) is 50.5 Å². The third-order valence-corrected chi connectivity index (χ3v) is 7.10. The predicted octanol–water partition coefficient (Wildman–Crippen LogP) is 2.89. The van der Waals surface area contributed by atoms with Crippen LogP contribution in [-0.4, -0.2) is 64.9 Å². The van der Waals surface area contributed by atoms with E-state index in [2.05, 4.69) is 10.1 Å². The van der Waals surface area contributed by atoms with Crippen LogP contribution in [0.5, 0.6) is 0 Å². The standard InChI is InChI=1S/C23H29FN4O4S/c1-15(2)32-23(29)27-10-7-16(8-11-27)12-17-6-9-25-22-20(14-26-28(17)22)19-5-4-18(13-21(19)24)33(3,30)31/h4-6,9,13-16,23,29H,7-8,10-12H2,1-3H3. The molecule has 1 aliphatic heterocycles. The second-order valence-electron chi connectivity index (χ2n) is 8.84. The molecule has 1 atom stereocenters. The number of fused-ring (bicyclic) bond motifs is 1. The van der Waals surface area contributed by atoms with E-state index in [9.17, 15) is 17.9 Å². The van der Waals surface area contributed by atoms with Crippen molar-refractivity contribution in [2.24, 2.45) is 5.92 Å². The lowest BCUT2D eigenvalue weighted by atomic mass is 9.92. The van der Waals surface area contributed by atoms with Gasteiger partial charge in [-0.3, -0.25) is 4.90 Å². The van der Waals surface area contributed by atoms with Crippen molar-refractivity contribution in [3.05, 3.63) is 48.2 Å². The third kappa shape index (κ3) is 5.24. The van der Waals surface area contributed by atoms with Crippen LogP contribution in [0.15, 0.2) is 41.6 Å². The molecule has 0 aliphatic carbocycles. The van der Waals surface area contributed by atoms with E-state index in [1.807, 2.05) is 24.8 Å². The summed E-state index contributed by atoms with van der Waals surface area (Å²) in [6, 6.07) is 5.79. The number of ether oxygens (including phenoxy) is 1. The Morgan fingerprint density at radius 1 is 1.21 bits per heavy atom. The quantitative estimate of drug-likeness (QED) is 0.524. The van der Waals surface area contributed by atoms with Gasteiger partial charge in [0.2, 0.25) is 6.41 Å². The van der Waals surface area contributed by atoms with Gasteiger partial charge in [-0.2, -0.15) is 5.10 Å². The number of piperidine rings is 1. The molecule has 0 saturated carbocycles. The van der Waals surface area contributed by atoms with E-state index in [0.717, 1.165) is 50.4 Å². The van der Waals surface area contributed by atoms with Gasteiger partial charge >= 0.3 is 0 Å². The van der Waals surface area contributed by atoms with Crippen molar-refractivity contribution < 1.29 is 22.7 Å². The van der Waals surface area contributed by atoms with Crippen molar-refractivity contribution in [1.29, 1.82) is 0 Å². The first kappa shape index (κ1) is 23.7. The van der Waals surface area contributed by atoms with Gasteiger partial charge in [0.15, 0.2) is 15.5 Å². The van der Waals surface area contributed by atoms with Crippen LogP contribution in [0.2, 0.25) is 0 Å². The van der Waals surface area contributed by atoms with Crippen LogP contribution in [0, 0.1) is 11.7 Å². The fourth-order valence-corrected chi connectivity index (χ4v) is 4.87. The van der Waals surface area contributed by atoms with Gasteiger partial charge in [-0.05, 0) is 63.3 Å². The second kappa shape index (κ2) is 9.46. The first-order valence-electron chi connectivity index (χ1n) is 11.0. The highest BCUT2D eigenvalue weighted by molar-refractivity contribution is 7.90. The van der Waals surface area contributed by atoms with Crippen LogP contribution < -0.4 is 0 Å². The highest BCUT2D eigenvalue weighted by Crippen LogP contribution is 2.29. The van der Waals surface area contributed by atoms with Gasteiger partial charge in [-0.1, -0.05) is 0 Å². The molecule has 4 rings (SSSR count). The topological polar surface area (TPSA) is 97.0 Å². The molecule has 0 amide bonds. The van der Waals surface area contributed by atoms with Gasteiger partial charge in [-0.25, -0.2) is 22.3 Å². The van der Waals surface area contributed by atoms with E-state index in [1.165, 1.54) is 12.1 Å². The summed E-state index contributed by atoms with van der Waals surface area (Å²) in [6.45, 7) is 5.29. The summed E-state index contributed by atoms with van der Waals surface area (Å²) in [6.07, 6.45) is 5.99. The van der Waals surface area contributed by atoms with Crippen molar-refractivity contribution in [1.82, 2.24) is 19.5 Å². The smallest absolute Gasteiger partial charge is 0.216 e.